The molecular weight excluding hydrogens is 290 g/mol. The van der Waals surface area contributed by atoms with Crippen LogP contribution in [0.4, 0.5) is 0 Å². The number of hydrogen-bond donors (Lipinski definition) is 1. The highest BCUT2D eigenvalue weighted by atomic mass is 32.2. The average molecular weight is 318 g/mol. The van der Waals surface area contributed by atoms with Gasteiger partial charge in [0.2, 0.25) is 0 Å². The quantitative estimate of drug-likeness (QED) is 0.417. The van der Waals surface area contributed by atoms with E-state index >= 15 is 0 Å². The summed E-state index contributed by atoms with van der Waals surface area (Å²) in [4.78, 5) is 0. The Morgan fingerprint density at radius 2 is 1.37 bits per heavy atom. The van der Waals surface area contributed by atoms with Gasteiger partial charge in [-0.1, -0.05) is 0 Å². The van der Waals surface area contributed by atoms with Crippen molar-refractivity contribution in [1.82, 2.24) is 0 Å². The van der Waals surface area contributed by atoms with Crippen LogP contribution >= 0.6 is 0 Å². The van der Waals surface area contributed by atoms with Gasteiger partial charge in [0.05, 0.1) is 33.9 Å². The number of nitrogens with zero attached hydrogens (tertiary/aromatic N) is 1. The van der Waals surface area contributed by atoms with E-state index in [2.05, 4.69) is 21.1 Å². The molecule has 118 valence electrons. The number of quaternary nitrogens is 1. The molecule has 0 radical (unpaired) electrons. The van der Waals surface area contributed by atoms with E-state index in [-0.39, 0.29) is 0 Å². The van der Waals surface area contributed by atoms with Crippen LogP contribution in [0.2, 0.25) is 6.04 Å². The average Bonchev–Trinajstić information content (AvgIpc) is 2.21. The Labute approximate surface area is 118 Å². The first-order valence-electron chi connectivity index (χ1n) is 5.77. The predicted molar refractivity (Wildman–Crippen MR) is 76.6 cm³/mol. The van der Waals surface area contributed by atoms with Crippen molar-refractivity contribution < 1.29 is 30.7 Å². The third kappa shape index (κ3) is 15.9. The van der Waals surface area contributed by atoms with Gasteiger partial charge < -0.3 is 17.8 Å². The summed E-state index contributed by atoms with van der Waals surface area (Å²) in [7, 11) is 5.51. The molecule has 0 bridgehead atoms. The summed E-state index contributed by atoms with van der Waals surface area (Å²) in [5.41, 5.74) is 0. The van der Waals surface area contributed by atoms with Crippen molar-refractivity contribution in [3.8, 4) is 0 Å². The zero-order valence-electron chi connectivity index (χ0n) is 13.0. The Hall–Kier alpha value is -0.0331. The summed E-state index contributed by atoms with van der Waals surface area (Å²) in [5.74, 6) is 0. The largest absolute Gasteiger partial charge is 0.500 e. The highest BCUT2D eigenvalue weighted by Crippen LogP contribution is 2.15. The Kier molecular flexibility index (Phi) is 10.1. The van der Waals surface area contributed by atoms with Crippen LogP contribution in [0.1, 0.15) is 6.42 Å². The van der Waals surface area contributed by atoms with Gasteiger partial charge in [-0.25, -0.2) is 0 Å². The molecule has 0 aliphatic carbocycles. The van der Waals surface area contributed by atoms with Gasteiger partial charge in [-0.05, 0) is 0 Å². The standard InChI is InChI=1S/C9H24NO3Si.CH4O3S/c1-10(2,3)8-7-9-14(11-4,12-5)13-6;1-5(2,3)4/h7-9H2,1-6H3;1H3,(H,2,3,4)/q+1;. The van der Waals surface area contributed by atoms with Crippen LogP contribution in [0.25, 0.3) is 0 Å². The molecule has 0 atom stereocenters. The summed E-state index contributed by atoms with van der Waals surface area (Å²) in [5, 5.41) is 0. The lowest BCUT2D eigenvalue weighted by Crippen LogP contribution is -2.44. The topological polar surface area (TPSA) is 82.1 Å². The lowest BCUT2D eigenvalue weighted by Gasteiger charge is -2.27. The highest BCUT2D eigenvalue weighted by Gasteiger charge is 2.37. The lowest BCUT2D eigenvalue weighted by molar-refractivity contribution is -0.870. The fourth-order valence-corrected chi connectivity index (χ4v) is 3.03. The van der Waals surface area contributed by atoms with E-state index in [1.807, 2.05) is 0 Å². The smallest absolute Gasteiger partial charge is 0.377 e. The van der Waals surface area contributed by atoms with E-state index < -0.39 is 18.9 Å². The van der Waals surface area contributed by atoms with E-state index in [9.17, 15) is 8.42 Å². The molecule has 0 rings (SSSR count). The van der Waals surface area contributed by atoms with Gasteiger partial charge in [-0.2, -0.15) is 8.42 Å². The first-order chi connectivity index (χ1) is 8.39. The van der Waals surface area contributed by atoms with Crippen LogP contribution in [-0.4, -0.2) is 81.5 Å². The molecule has 9 heteroatoms. The van der Waals surface area contributed by atoms with Crippen LogP contribution in [0, 0.1) is 0 Å². The monoisotopic (exact) mass is 318 g/mol. The summed E-state index contributed by atoms with van der Waals surface area (Å²) >= 11 is 0. The van der Waals surface area contributed by atoms with Gasteiger partial charge >= 0.3 is 8.80 Å². The maximum absolute atomic E-state index is 9.19. The molecule has 7 nitrogen and oxygen atoms in total. The number of rotatable bonds is 7. The molecule has 0 amide bonds. The van der Waals surface area contributed by atoms with Crippen molar-refractivity contribution in [2.24, 2.45) is 0 Å². The molecule has 0 fully saturated rings. The van der Waals surface area contributed by atoms with Crippen molar-refractivity contribution in [2.75, 3.05) is 55.3 Å². The van der Waals surface area contributed by atoms with Gasteiger partial charge in [0.25, 0.3) is 10.1 Å². The van der Waals surface area contributed by atoms with Crippen molar-refractivity contribution in [3.05, 3.63) is 0 Å². The van der Waals surface area contributed by atoms with E-state index in [0.29, 0.717) is 6.26 Å². The van der Waals surface area contributed by atoms with Crippen LogP contribution in [0.5, 0.6) is 0 Å². The highest BCUT2D eigenvalue weighted by molar-refractivity contribution is 7.85. The van der Waals surface area contributed by atoms with Crippen LogP contribution in [-0.2, 0) is 23.4 Å². The molecule has 0 aliphatic rings. The normalized spacial score (nSPS) is 12.8. The molecule has 0 saturated heterocycles. The summed E-state index contributed by atoms with van der Waals surface area (Å²) < 4.78 is 42.8. The summed E-state index contributed by atoms with van der Waals surface area (Å²) in [6.07, 6.45) is 1.78. The maximum atomic E-state index is 9.19. The van der Waals surface area contributed by atoms with E-state index in [4.69, 9.17) is 17.8 Å². The Morgan fingerprint density at radius 1 is 1.05 bits per heavy atom. The number of hydrogen-bond acceptors (Lipinski definition) is 5. The second kappa shape index (κ2) is 9.00. The second-order valence-corrected chi connectivity index (χ2v) is 9.70. The molecule has 0 heterocycles. The fraction of sp³-hybridized carbons (Fsp3) is 1.00. The van der Waals surface area contributed by atoms with Gasteiger partial charge in [0, 0.05) is 33.8 Å². The van der Waals surface area contributed by atoms with Gasteiger partial charge in [0.15, 0.2) is 0 Å². The minimum atomic E-state index is -3.67. The van der Waals surface area contributed by atoms with E-state index in [0.717, 1.165) is 23.5 Å². The molecule has 0 unspecified atom stereocenters. The van der Waals surface area contributed by atoms with Crippen LogP contribution in [0.3, 0.4) is 0 Å². The molecule has 0 aliphatic heterocycles. The summed E-state index contributed by atoms with van der Waals surface area (Å²) in [6, 6.07) is 0.881. The lowest BCUT2D eigenvalue weighted by atomic mass is 10.4. The molecule has 0 aromatic rings. The SMILES string of the molecule is CO[Si](CCC[N+](C)(C)C)(OC)OC.CS(=O)(=O)O. The maximum Gasteiger partial charge on any atom is 0.500 e. The molecule has 1 N–H and O–H groups in total. The minimum Gasteiger partial charge on any atom is -0.377 e. The Morgan fingerprint density at radius 3 is 1.58 bits per heavy atom. The van der Waals surface area contributed by atoms with Crippen LogP contribution < -0.4 is 0 Å². The minimum absolute atomic E-state index is 0.715. The van der Waals surface area contributed by atoms with E-state index in [1.54, 1.807) is 21.3 Å². The van der Waals surface area contributed by atoms with Gasteiger partial charge in [-0.3, -0.25) is 4.55 Å². The first kappa shape index (κ1) is 21.3. The first-order valence-corrected chi connectivity index (χ1v) is 9.55. The van der Waals surface area contributed by atoms with Crippen LogP contribution in [0.15, 0.2) is 0 Å². The predicted octanol–water partition coefficient (Wildman–Crippen LogP) is 0.465. The Bertz CT molecular complexity index is 307. The zero-order valence-corrected chi connectivity index (χ0v) is 14.8. The second-order valence-electron chi connectivity index (χ2n) is 5.15. The molecule has 0 saturated carbocycles. The third-order valence-electron chi connectivity index (χ3n) is 2.24. The summed E-state index contributed by atoms with van der Waals surface area (Å²) in [6.45, 7) is 1.10. The molecule has 0 aromatic heterocycles. The fourth-order valence-electron chi connectivity index (χ4n) is 1.33. The third-order valence-corrected chi connectivity index (χ3v) is 5.08. The molecule has 19 heavy (non-hydrogen) atoms. The van der Waals surface area contributed by atoms with E-state index in [1.165, 1.54) is 0 Å². The zero-order chi connectivity index (χ0) is 15.7. The van der Waals surface area contributed by atoms with Crippen molar-refractivity contribution in [2.45, 2.75) is 12.5 Å². The molecular formula is C10H28NO6SSi+. The van der Waals surface area contributed by atoms with Gasteiger partial charge in [0.1, 0.15) is 0 Å². The van der Waals surface area contributed by atoms with Crippen molar-refractivity contribution in [1.29, 1.82) is 0 Å². The Balaban J connectivity index is 0. The van der Waals surface area contributed by atoms with Gasteiger partial charge in [-0.15, -0.1) is 0 Å². The molecule has 0 spiro atoms. The van der Waals surface area contributed by atoms with Crippen molar-refractivity contribution >= 4 is 18.9 Å². The molecule has 0 aromatic carbocycles. The van der Waals surface area contributed by atoms with Crippen molar-refractivity contribution in [3.63, 3.8) is 0 Å².